The van der Waals surface area contributed by atoms with Gasteiger partial charge in [-0.3, -0.25) is 14.2 Å². The molecular weight excluding hydrogens is 348 g/mol. The van der Waals surface area contributed by atoms with Gasteiger partial charge < -0.3 is 9.73 Å². The lowest BCUT2D eigenvalue weighted by atomic mass is 10.2. The highest BCUT2D eigenvalue weighted by atomic mass is 16.3. The fourth-order valence-corrected chi connectivity index (χ4v) is 2.70. The van der Waals surface area contributed by atoms with Crippen molar-refractivity contribution in [3.8, 4) is 5.69 Å². The summed E-state index contributed by atoms with van der Waals surface area (Å²) in [7, 11) is 0. The zero-order chi connectivity index (χ0) is 18.8. The Labute approximate surface area is 153 Å². The number of benzene rings is 1. The first kappa shape index (κ1) is 16.7. The fourth-order valence-electron chi connectivity index (χ4n) is 2.70. The fraction of sp³-hybridized carbons (Fsp3) is 0.167. The van der Waals surface area contributed by atoms with Gasteiger partial charge in [-0.15, -0.1) is 5.10 Å². The van der Waals surface area contributed by atoms with Gasteiger partial charge in [-0.2, -0.15) is 4.68 Å². The highest BCUT2D eigenvalue weighted by molar-refractivity contribution is 5.76. The first-order valence-electron chi connectivity index (χ1n) is 8.29. The molecule has 0 saturated carbocycles. The van der Waals surface area contributed by atoms with Gasteiger partial charge in [0.05, 0.1) is 18.5 Å². The number of hydrogen-bond donors (Lipinski definition) is 1. The highest BCUT2D eigenvalue weighted by Gasteiger charge is 2.15. The summed E-state index contributed by atoms with van der Waals surface area (Å²) in [5.74, 6) is 0.297. The Balaban J connectivity index is 1.58. The lowest BCUT2D eigenvalue weighted by Crippen LogP contribution is -2.32. The molecular formula is C18H16N6O3. The molecule has 3 heterocycles. The number of furan rings is 1. The van der Waals surface area contributed by atoms with Crippen LogP contribution in [0.4, 0.5) is 0 Å². The molecule has 0 atom stereocenters. The minimum absolute atomic E-state index is 0.109. The minimum atomic E-state index is -0.424. The van der Waals surface area contributed by atoms with Crippen molar-refractivity contribution in [1.29, 1.82) is 0 Å². The van der Waals surface area contributed by atoms with E-state index in [9.17, 15) is 9.59 Å². The molecule has 0 fully saturated rings. The van der Waals surface area contributed by atoms with Gasteiger partial charge in [-0.25, -0.2) is 4.98 Å². The van der Waals surface area contributed by atoms with Crippen LogP contribution in [0.25, 0.3) is 16.9 Å². The van der Waals surface area contributed by atoms with Crippen LogP contribution in [0.1, 0.15) is 11.3 Å². The number of nitrogens with one attached hydrogen (secondary N) is 1. The predicted octanol–water partition coefficient (Wildman–Crippen LogP) is 1.20. The molecule has 9 nitrogen and oxygen atoms in total. The van der Waals surface area contributed by atoms with Gasteiger partial charge in [-0.05, 0) is 36.8 Å². The second-order valence-corrected chi connectivity index (χ2v) is 6.05. The number of aryl methyl sites for hydroxylation is 1. The molecule has 27 heavy (non-hydrogen) atoms. The summed E-state index contributed by atoms with van der Waals surface area (Å²) in [5.41, 5.74) is 1.85. The van der Waals surface area contributed by atoms with Gasteiger partial charge in [0.2, 0.25) is 5.91 Å². The number of carbonyl (C=O) groups is 1. The highest BCUT2D eigenvalue weighted by Crippen LogP contribution is 2.13. The molecule has 0 aliphatic rings. The van der Waals surface area contributed by atoms with Crippen LogP contribution in [-0.4, -0.2) is 30.5 Å². The van der Waals surface area contributed by atoms with Gasteiger partial charge in [0.1, 0.15) is 18.6 Å². The third-order valence-corrected chi connectivity index (χ3v) is 4.03. The van der Waals surface area contributed by atoms with E-state index in [1.165, 1.54) is 21.8 Å². The zero-order valence-electron chi connectivity index (χ0n) is 14.5. The van der Waals surface area contributed by atoms with Crippen LogP contribution in [-0.2, 0) is 17.9 Å². The van der Waals surface area contributed by atoms with E-state index in [1.807, 2.05) is 31.2 Å². The SMILES string of the molecule is Cc1cccc(-n2nnc3c(=O)n(CC(=O)NCc4ccco4)cnc32)c1. The molecule has 9 heteroatoms. The monoisotopic (exact) mass is 364 g/mol. The van der Waals surface area contributed by atoms with Crippen molar-refractivity contribution < 1.29 is 9.21 Å². The summed E-state index contributed by atoms with van der Waals surface area (Å²) >= 11 is 0. The summed E-state index contributed by atoms with van der Waals surface area (Å²) in [6.45, 7) is 2.05. The summed E-state index contributed by atoms with van der Waals surface area (Å²) < 4.78 is 7.86. The molecule has 0 radical (unpaired) electrons. The number of fused-ring (bicyclic) bond motifs is 1. The van der Waals surface area contributed by atoms with E-state index in [1.54, 1.807) is 12.1 Å². The van der Waals surface area contributed by atoms with Crippen LogP contribution in [0.5, 0.6) is 0 Å². The van der Waals surface area contributed by atoms with Gasteiger partial charge in [0, 0.05) is 0 Å². The van der Waals surface area contributed by atoms with E-state index in [0.29, 0.717) is 11.4 Å². The molecule has 4 rings (SSSR count). The van der Waals surface area contributed by atoms with E-state index in [4.69, 9.17) is 4.42 Å². The predicted molar refractivity (Wildman–Crippen MR) is 96.2 cm³/mol. The van der Waals surface area contributed by atoms with E-state index in [2.05, 4.69) is 20.6 Å². The van der Waals surface area contributed by atoms with Crippen molar-refractivity contribution >= 4 is 17.1 Å². The number of nitrogens with zero attached hydrogens (tertiary/aromatic N) is 5. The Bertz CT molecular complexity index is 1160. The van der Waals surface area contributed by atoms with E-state index in [-0.39, 0.29) is 24.5 Å². The van der Waals surface area contributed by atoms with Crippen molar-refractivity contribution in [2.75, 3.05) is 0 Å². The molecule has 136 valence electrons. The number of aromatic nitrogens is 5. The minimum Gasteiger partial charge on any atom is -0.467 e. The summed E-state index contributed by atoms with van der Waals surface area (Å²) in [6.07, 6.45) is 2.86. The maximum absolute atomic E-state index is 12.6. The number of rotatable bonds is 5. The lowest BCUT2D eigenvalue weighted by molar-refractivity contribution is -0.122. The summed E-state index contributed by atoms with van der Waals surface area (Å²) in [4.78, 5) is 29.0. The summed E-state index contributed by atoms with van der Waals surface area (Å²) in [5, 5.41) is 10.7. The van der Waals surface area contributed by atoms with Crippen LogP contribution in [0.3, 0.4) is 0 Å². The molecule has 1 aromatic carbocycles. The molecule has 3 aromatic heterocycles. The Morgan fingerprint density at radius 2 is 2.15 bits per heavy atom. The van der Waals surface area contributed by atoms with Crippen molar-refractivity contribution in [1.82, 2.24) is 29.9 Å². The molecule has 1 amide bonds. The zero-order valence-corrected chi connectivity index (χ0v) is 14.5. The van der Waals surface area contributed by atoms with Crippen molar-refractivity contribution in [2.24, 2.45) is 0 Å². The Kier molecular flexibility index (Phi) is 4.25. The van der Waals surface area contributed by atoms with Gasteiger partial charge in [0.15, 0.2) is 11.2 Å². The molecule has 0 aliphatic heterocycles. The second-order valence-electron chi connectivity index (χ2n) is 6.05. The topological polar surface area (TPSA) is 108 Å². The summed E-state index contributed by atoms with van der Waals surface area (Å²) in [6, 6.07) is 11.1. The van der Waals surface area contributed by atoms with Crippen LogP contribution < -0.4 is 10.9 Å². The largest absolute Gasteiger partial charge is 0.467 e. The molecule has 1 N–H and O–H groups in total. The van der Waals surface area contributed by atoms with Gasteiger partial charge in [0.25, 0.3) is 5.56 Å². The molecule has 0 aliphatic carbocycles. The maximum Gasteiger partial charge on any atom is 0.284 e. The molecule has 4 aromatic rings. The number of hydrogen-bond acceptors (Lipinski definition) is 6. The smallest absolute Gasteiger partial charge is 0.284 e. The average molecular weight is 364 g/mol. The first-order valence-corrected chi connectivity index (χ1v) is 8.29. The van der Waals surface area contributed by atoms with Crippen LogP contribution in [0.2, 0.25) is 0 Å². The Hall–Kier alpha value is -3.75. The molecule has 0 unspecified atom stereocenters. The number of amides is 1. The molecule has 0 saturated heterocycles. The normalized spacial score (nSPS) is 11.0. The third-order valence-electron chi connectivity index (χ3n) is 4.03. The second kappa shape index (κ2) is 6.87. The number of carbonyl (C=O) groups excluding carboxylic acids is 1. The molecule has 0 bridgehead atoms. The van der Waals surface area contributed by atoms with Crippen LogP contribution >= 0.6 is 0 Å². The quantitative estimate of drug-likeness (QED) is 0.570. The van der Waals surface area contributed by atoms with Gasteiger partial charge in [-0.1, -0.05) is 17.3 Å². The van der Waals surface area contributed by atoms with Crippen LogP contribution in [0, 0.1) is 6.92 Å². The lowest BCUT2D eigenvalue weighted by Gasteiger charge is -2.06. The van der Waals surface area contributed by atoms with E-state index >= 15 is 0 Å². The van der Waals surface area contributed by atoms with Crippen molar-refractivity contribution in [3.63, 3.8) is 0 Å². The average Bonchev–Trinajstić information content (AvgIpc) is 3.32. The van der Waals surface area contributed by atoms with E-state index < -0.39 is 5.56 Å². The van der Waals surface area contributed by atoms with Crippen molar-refractivity contribution in [3.05, 3.63) is 70.7 Å². The molecule has 0 spiro atoms. The van der Waals surface area contributed by atoms with E-state index in [0.717, 1.165) is 11.3 Å². The first-order chi connectivity index (χ1) is 13.1. The van der Waals surface area contributed by atoms with Crippen LogP contribution in [0.15, 0.2) is 58.2 Å². The van der Waals surface area contributed by atoms with Crippen molar-refractivity contribution in [2.45, 2.75) is 20.0 Å². The maximum atomic E-state index is 12.6. The Morgan fingerprint density at radius 1 is 1.26 bits per heavy atom. The third kappa shape index (κ3) is 3.34. The Morgan fingerprint density at radius 3 is 2.93 bits per heavy atom. The standard InChI is InChI=1S/C18H16N6O3/c1-12-4-2-5-13(8-12)24-17-16(21-22-24)18(26)23(11-20-17)10-15(25)19-9-14-6-3-7-27-14/h2-8,11H,9-10H2,1H3,(H,19,25). The van der Waals surface area contributed by atoms with Gasteiger partial charge >= 0.3 is 0 Å².